The van der Waals surface area contributed by atoms with Gasteiger partial charge in [0.25, 0.3) is 0 Å². The van der Waals surface area contributed by atoms with Crippen LogP contribution in [0.1, 0.15) is 51.2 Å². The van der Waals surface area contributed by atoms with Gasteiger partial charge < -0.3 is 15.5 Å². The number of likely N-dealkylation sites (N-methyl/N-ethyl adjacent to an activating group) is 1. The Labute approximate surface area is 162 Å². The summed E-state index contributed by atoms with van der Waals surface area (Å²) in [6, 6.07) is 0.561. The molecule has 23 heavy (non-hydrogen) atoms. The third kappa shape index (κ3) is 8.85. The average molecular weight is 453 g/mol. The number of nitrogens with one attached hydrogen (secondary N) is 2. The summed E-state index contributed by atoms with van der Waals surface area (Å²) in [5, 5.41) is 9.86. The summed E-state index contributed by atoms with van der Waals surface area (Å²) in [6.07, 6.45) is 0. The Morgan fingerprint density at radius 2 is 2.00 bits per heavy atom. The maximum Gasteiger partial charge on any atom is 0.191 e. The molecule has 0 atom stereocenters. The lowest BCUT2D eigenvalue weighted by molar-refractivity contribution is 0.278. The molecule has 0 aliphatic carbocycles. The summed E-state index contributed by atoms with van der Waals surface area (Å²) in [4.78, 5) is 11.6. The highest BCUT2D eigenvalue weighted by molar-refractivity contribution is 14.0. The molecule has 0 fully saturated rings. The fraction of sp³-hybridized carbons (Fsp3) is 0.750. The molecule has 0 bridgehead atoms. The number of halogens is 1. The van der Waals surface area contributed by atoms with E-state index in [1.54, 1.807) is 11.3 Å². The van der Waals surface area contributed by atoms with Gasteiger partial charge in [-0.3, -0.25) is 0 Å². The van der Waals surface area contributed by atoms with E-state index in [0.717, 1.165) is 36.3 Å². The van der Waals surface area contributed by atoms with Crippen molar-refractivity contribution in [3.05, 3.63) is 16.1 Å². The monoisotopic (exact) mass is 453 g/mol. The van der Waals surface area contributed by atoms with Crippen LogP contribution in [0.2, 0.25) is 0 Å². The Hall–Kier alpha value is -0.410. The molecular formula is C16H32IN5S. The minimum Gasteiger partial charge on any atom is -0.357 e. The predicted octanol–water partition coefficient (Wildman–Crippen LogP) is 3.28. The highest BCUT2D eigenvalue weighted by atomic mass is 127. The summed E-state index contributed by atoms with van der Waals surface area (Å²) in [6.45, 7) is 14.2. The van der Waals surface area contributed by atoms with E-state index >= 15 is 0 Å². The third-order valence-electron chi connectivity index (χ3n) is 3.52. The molecule has 1 heterocycles. The molecular weight excluding hydrogens is 421 g/mol. The van der Waals surface area contributed by atoms with Crippen molar-refractivity contribution in [1.29, 1.82) is 0 Å². The molecule has 1 rings (SSSR count). The van der Waals surface area contributed by atoms with Gasteiger partial charge in [-0.25, -0.2) is 9.98 Å². The van der Waals surface area contributed by atoms with Crippen molar-refractivity contribution >= 4 is 41.3 Å². The lowest BCUT2D eigenvalue weighted by Gasteiger charge is -2.21. The third-order valence-corrected chi connectivity index (χ3v) is 4.37. The number of hydrogen-bond donors (Lipinski definition) is 2. The van der Waals surface area contributed by atoms with E-state index in [2.05, 4.69) is 72.6 Å². The number of aromatic nitrogens is 1. The second-order valence-electron chi connectivity index (χ2n) is 6.02. The fourth-order valence-corrected chi connectivity index (χ4v) is 2.64. The van der Waals surface area contributed by atoms with Crippen LogP contribution < -0.4 is 10.6 Å². The minimum atomic E-state index is 0. The SMILES string of the molecule is CCNC(=NCc1nc(C(C)C)cs1)NCCN(C)C(C)C.I. The molecule has 0 aliphatic heterocycles. The Balaban J connectivity index is 0.00000484. The molecule has 0 aromatic carbocycles. The van der Waals surface area contributed by atoms with Crippen LogP contribution >= 0.6 is 35.3 Å². The number of nitrogens with zero attached hydrogens (tertiary/aromatic N) is 3. The van der Waals surface area contributed by atoms with Crippen LogP contribution in [0.5, 0.6) is 0 Å². The van der Waals surface area contributed by atoms with Crippen molar-refractivity contribution in [3.8, 4) is 0 Å². The fourth-order valence-electron chi connectivity index (χ4n) is 1.76. The number of rotatable bonds is 8. The second kappa shape index (κ2) is 12.0. The first-order chi connectivity index (χ1) is 10.4. The molecule has 134 valence electrons. The lowest BCUT2D eigenvalue weighted by atomic mass is 10.2. The van der Waals surface area contributed by atoms with Crippen LogP contribution in [0.25, 0.3) is 0 Å². The molecule has 0 spiro atoms. The van der Waals surface area contributed by atoms with E-state index in [0.29, 0.717) is 18.5 Å². The Kier molecular flexibility index (Phi) is 11.8. The summed E-state index contributed by atoms with van der Waals surface area (Å²) in [7, 11) is 2.14. The highest BCUT2D eigenvalue weighted by Crippen LogP contribution is 2.18. The van der Waals surface area contributed by atoms with Crippen LogP contribution in [-0.4, -0.2) is 48.6 Å². The van der Waals surface area contributed by atoms with Crippen LogP contribution in [0.3, 0.4) is 0 Å². The predicted molar refractivity (Wildman–Crippen MR) is 112 cm³/mol. The van der Waals surface area contributed by atoms with Gasteiger partial charge in [0.05, 0.1) is 12.2 Å². The lowest BCUT2D eigenvalue weighted by Crippen LogP contribution is -2.42. The van der Waals surface area contributed by atoms with Crippen molar-refractivity contribution in [2.45, 2.75) is 53.1 Å². The Bertz CT molecular complexity index is 459. The van der Waals surface area contributed by atoms with Gasteiger partial charge in [-0.2, -0.15) is 0 Å². The highest BCUT2D eigenvalue weighted by Gasteiger charge is 2.06. The van der Waals surface area contributed by atoms with Crippen LogP contribution in [0, 0.1) is 0 Å². The van der Waals surface area contributed by atoms with Gasteiger partial charge in [0.15, 0.2) is 5.96 Å². The van der Waals surface area contributed by atoms with Gasteiger partial charge in [0.1, 0.15) is 5.01 Å². The quantitative estimate of drug-likeness (QED) is 0.361. The molecule has 0 aliphatic rings. The van der Waals surface area contributed by atoms with E-state index in [1.807, 2.05) is 0 Å². The average Bonchev–Trinajstić information content (AvgIpc) is 2.93. The molecule has 1 aromatic rings. The molecule has 0 saturated carbocycles. The summed E-state index contributed by atoms with van der Waals surface area (Å²) in [5.41, 5.74) is 1.16. The van der Waals surface area contributed by atoms with E-state index in [-0.39, 0.29) is 24.0 Å². The van der Waals surface area contributed by atoms with Crippen molar-refractivity contribution in [2.24, 2.45) is 4.99 Å². The molecule has 5 nitrogen and oxygen atoms in total. The number of guanidine groups is 1. The molecule has 0 unspecified atom stereocenters. The van der Waals surface area contributed by atoms with Crippen LogP contribution in [0.4, 0.5) is 0 Å². The first-order valence-electron chi connectivity index (χ1n) is 8.10. The number of aliphatic imine (C=N–C) groups is 1. The first-order valence-corrected chi connectivity index (χ1v) is 8.98. The molecule has 1 aromatic heterocycles. The van der Waals surface area contributed by atoms with Crippen LogP contribution in [0.15, 0.2) is 10.4 Å². The number of thiazole rings is 1. The zero-order valence-electron chi connectivity index (χ0n) is 15.2. The van der Waals surface area contributed by atoms with E-state index in [9.17, 15) is 0 Å². The van der Waals surface area contributed by atoms with E-state index < -0.39 is 0 Å². The molecule has 0 saturated heterocycles. The standard InChI is InChI=1S/C16H31N5S.HI/c1-7-17-16(18-8-9-21(6)13(4)5)19-10-15-20-14(11-22-15)12(2)3;/h11-13H,7-10H2,1-6H3,(H2,17,18,19);1H. The van der Waals surface area contributed by atoms with Gasteiger partial charge in [-0.15, -0.1) is 35.3 Å². The van der Waals surface area contributed by atoms with Gasteiger partial charge in [0.2, 0.25) is 0 Å². The Morgan fingerprint density at radius 1 is 1.30 bits per heavy atom. The largest absolute Gasteiger partial charge is 0.357 e. The normalized spacial score (nSPS) is 12.0. The van der Waals surface area contributed by atoms with Crippen molar-refractivity contribution < 1.29 is 0 Å². The Morgan fingerprint density at radius 3 is 2.52 bits per heavy atom. The molecule has 7 heteroatoms. The van der Waals surface area contributed by atoms with Gasteiger partial charge in [-0.05, 0) is 33.7 Å². The van der Waals surface area contributed by atoms with E-state index in [1.165, 1.54) is 0 Å². The van der Waals surface area contributed by atoms with E-state index in [4.69, 9.17) is 0 Å². The molecule has 0 amide bonds. The summed E-state index contributed by atoms with van der Waals surface area (Å²) >= 11 is 1.69. The smallest absolute Gasteiger partial charge is 0.191 e. The van der Waals surface area contributed by atoms with Crippen LogP contribution in [-0.2, 0) is 6.54 Å². The minimum absolute atomic E-state index is 0. The maximum atomic E-state index is 4.62. The maximum absolute atomic E-state index is 4.62. The zero-order chi connectivity index (χ0) is 16.5. The van der Waals surface area contributed by atoms with Crippen molar-refractivity contribution in [2.75, 3.05) is 26.7 Å². The van der Waals surface area contributed by atoms with Crippen molar-refractivity contribution in [1.82, 2.24) is 20.5 Å². The van der Waals surface area contributed by atoms with Gasteiger partial charge in [-0.1, -0.05) is 13.8 Å². The van der Waals surface area contributed by atoms with Gasteiger partial charge in [0, 0.05) is 31.1 Å². The number of hydrogen-bond acceptors (Lipinski definition) is 4. The summed E-state index contributed by atoms with van der Waals surface area (Å²) < 4.78 is 0. The van der Waals surface area contributed by atoms with Gasteiger partial charge >= 0.3 is 0 Å². The first kappa shape index (κ1) is 22.6. The topological polar surface area (TPSA) is 52.6 Å². The summed E-state index contributed by atoms with van der Waals surface area (Å²) in [5.74, 6) is 1.34. The zero-order valence-corrected chi connectivity index (χ0v) is 18.4. The van der Waals surface area contributed by atoms with Crippen molar-refractivity contribution in [3.63, 3.8) is 0 Å². The second-order valence-corrected chi connectivity index (χ2v) is 6.96. The molecule has 2 N–H and O–H groups in total. The molecule has 0 radical (unpaired) electrons.